The highest BCUT2D eigenvalue weighted by molar-refractivity contribution is 5.91. The summed E-state index contributed by atoms with van der Waals surface area (Å²) in [6.45, 7) is 4.87. The zero-order chi connectivity index (χ0) is 23.0. The fourth-order valence-corrected chi connectivity index (χ4v) is 3.93. The highest BCUT2D eigenvalue weighted by Gasteiger charge is 2.21. The van der Waals surface area contributed by atoms with E-state index in [0.29, 0.717) is 31.9 Å². The molecular weight excluding hydrogens is 423 g/mol. The highest BCUT2D eigenvalue weighted by Crippen LogP contribution is 2.11. The number of hydrogen-bond donors (Lipinski definition) is 2. The van der Waals surface area contributed by atoms with Gasteiger partial charge in [0.1, 0.15) is 12.1 Å². The molecule has 1 aromatic heterocycles. The minimum atomic E-state index is -0.387. The van der Waals surface area contributed by atoms with Crippen molar-refractivity contribution >= 4 is 5.91 Å². The Kier molecular flexibility index (Phi) is 7.83. The Bertz CT molecular complexity index is 1020. The average Bonchev–Trinajstić information content (AvgIpc) is 3.29. The lowest BCUT2D eigenvalue weighted by Gasteiger charge is -2.35. The van der Waals surface area contributed by atoms with E-state index in [1.165, 1.54) is 18.4 Å². The number of halogens is 1. The van der Waals surface area contributed by atoms with Gasteiger partial charge >= 0.3 is 0 Å². The van der Waals surface area contributed by atoms with Gasteiger partial charge < -0.3 is 14.8 Å². The molecule has 33 heavy (non-hydrogen) atoms. The van der Waals surface area contributed by atoms with Crippen molar-refractivity contribution < 1.29 is 18.7 Å². The van der Waals surface area contributed by atoms with Gasteiger partial charge in [0.2, 0.25) is 5.89 Å². The average molecular weight is 453 g/mol. The second kappa shape index (κ2) is 11.2. The van der Waals surface area contributed by atoms with Crippen LogP contribution >= 0.6 is 0 Å². The molecule has 1 amide bonds. The number of oxazole rings is 1. The van der Waals surface area contributed by atoms with Gasteiger partial charge in [-0.15, -0.1) is 0 Å². The number of piperazine rings is 1. The van der Waals surface area contributed by atoms with Crippen molar-refractivity contribution in [1.82, 2.24) is 20.1 Å². The summed E-state index contributed by atoms with van der Waals surface area (Å²) < 4.78 is 18.5. The molecule has 0 spiro atoms. The maximum Gasteiger partial charge on any atom is 0.273 e. The Hall–Kier alpha value is -3.07. The first kappa shape index (κ1) is 23.1. The summed E-state index contributed by atoms with van der Waals surface area (Å²) in [7, 11) is 0. The number of aliphatic hydroxyl groups is 1. The van der Waals surface area contributed by atoms with E-state index < -0.39 is 0 Å². The molecular formula is C25H29FN4O3. The molecule has 3 aromatic rings. The molecule has 4 rings (SSSR count). The number of hydrogen-bond acceptors (Lipinski definition) is 6. The minimum Gasteiger partial charge on any atom is -0.447 e. The number of aliphatic hydroxyl groups excluding tert-OH is 1. The smallest absolute Gasteiger partial charge is 0.273 e. The molecule has 1 aliphatic rings. The van der Waals surface area contributed by atoms with Crippen molar-refractivity contribution in [1.29, 1.82) is 0 Å². The first-order valence-electron chi connectivity index (χ1n) is 11.2. The normalized spacial score (nSPS) is 15.9. The molecule has 0 saturated carbocycles. The molecule has 7 nitrogen and oxygen atoms in total. The van der Waals surface area contributed by atoms with E-state index in [2.05, 4.69) is 20.1 Å². The zero-order valence-corrected chi connectivity index (χ0v) is 18.5. The third-order valence-electron chi connectivity index (χ3n) is 5.76. The van der Waals surface area contributed by atoms with Crippen molar-refractivity contribution in [2.75, 3.05) is 32.7 Å². The van der Waals surface area contributed by atoms with Crippen LogP contribution in [0.2, 0.25) is 0 Å². The van der Waals surface area contributed by atoms with Gasteiger partial charge in [-0.3, -0.25) is 14.6 Å². The van der Waals surface area contributed by atoms with Crippen LogP contribution in [0.3, 0.4) is 0 Å². The summed E-state index contributed by atoms with van der Waals surface area (Å²) in [4.78, 5) is 21.1. The summed E-state index contributed by atoms with van der Waals surface area (Å²) in [5.41, 5.74) is 2.18. The number of nitrogens with one attached hydrogen (secondary N) is 1. The largest absolute Gasteiger partial charge is 0.447 e. The van der Waals surface area contributed by atoms with Gasteiger partial charge in [-0.1, -0.05) is 42.5 Å². The van der Waals surface area contributed by atoms with Crippen molar-refractivity contribution in [2.45, 2.75) is 25.6 Å². The topological polar surface area (TPSA) is 81.8 Å². The summed E-state index contributed by atoms with van der Waals surface area (Å²) >= 11 is 0. The third kappa shape index (κ3) is 6.95. The van der Waals surface area contributed by atoms with Crippen LogP contribution in [-0.4, -0.2) is 64.6 Å². The molecule has 0 radical (unpaired) electrons. The Morgan fingerprint density at radius 1 is 1.03 bits per heavy atom. The van der Waals surface area contributed by atoms with Crippen molar-refractivity contribution in [3.8, 4) is 0 Å². The summed E-state index contributed by atoms with van der Waals surface area (Å²) in [5, 5.41) is 13.2. The number of carbonyl (C=O) groups is 1. The molecule has 1 aliphatic heterocycles. The van der Waals surface area contributed by atoms with Gasteiger partial charge in [-0.25, -0.2) is 9.37 Å². The number of β-amino-alcohol motifs (C(OH)–C–C–N with tert-alkyl or cyclic N) is 1. The van der Waals surface area contributed by atoms with Gasteiger partial charge in [-0.05, 0) is 29.7 Å². The SMILES string of the molecule is O=C(NCc1ccc(F)cc1)c1coc(CN2CCN(CC(O)Cc3ccccc3)CC2)n1. The van der Waals surface area contributed by atoms with Crippen LogP contribution in [0, 0.1) is 5.82 Å². The molecule has 0 bridgehead atoms. The summed E-state index contributed by atoms with van der Waals surface area (Å²) in [6.07, 6.45) is 1.64. The Morgan fingerprint density at radius 2 is 1.73 bits per heavy atom. The fraction of sp³-hybridized carbons (Fsp3) is 0.360. The first-order chi connectivity index (χ1) is 16.0. The highest BCUT2D eigenvalue weighted by atomic mass is 19.1. The number of rotatable bonds is 9. The lowest BCUT2D eigenvalue weighted by atomic mass is 10.1. The second-order valence-corrected chi connectivity index (χ2v) is 8.36. The Morgan fingerprint density at radius 3 is 2.45 bits per heavy atom. The Labute approximate surface area is 192 Å². The number of carbonyl (C=O) groups excluding carboxylic acids is 1. The number of amides is 1. The molecule has 2 N–H and O–H groups in total. The van der Waals surface area contributed by atoms with Gasteiger partial charge in [-0.2, -0.15) is 0 Å². The lowest BCUT2D eigenvalue weighted by molar-refractivity contribution is 0.0675. The molecule has 2 heterocycles. The Balaban J connectivity index is 1.18. The molecule has 1 unspecified atom stereocenters. The fourth-order valence-electron chi connectivity index (χ4n) is 3.93. The van der Waals surface area contributed by atoms with E-state index in [9.17, 15) is 14.3 Å². The van der Waals surface area contributed by atoms with Gasteiger partial charge in [0.05, 0.1) is 12.6 Å². The zero-order valence-electron chi connectivity index (χ0n) is 18.5. The van der Waals surface area contributed by atoms with Gasteiger partial charge in [0.15, 0.2) is 5.69 Å². The monoisotopic (exact) mass is 452 g/mol. The van der Waals surface area contributed by atoms with E-state index >= 15 is 0 Å². The second-order valence-electron chi connectivity index (χ2n) is 8.36. The van der Waals surface area contributed by atoms with Crippen LogP contribution in [0.4, 0.5) is 4.39 Å². The minimum absolute atomic E-state index is 0.231. The summed E-state index contributed by atoms with van der Waals surface area (Å²) in [5.74, 6) is -0.138. The van der Waals surface area contributed by atoms with Crippen LogP contribution in [0.1, 0.15) is 27.5 Å². The standard InChI is InChI=1S/C25H29FN4O3/c26-21-8-6-20(7-9-21)15-27-25(32)23-18-33-24(28-23)17-30-12-10-29(11-13-30)16-22(31)14-19-4-2-1-3-5-19/h1-9,18,22,31H,10-17H2,(H,27,32). The lowest BCUT2D eigenvalue weighted by Crippen LogP contribution is -2.48. The molecule has 8 heteroatoms. The molecule has 1 fully saturated rings. The van der Waals surface area contributed by atoms with E-state index in [-0.39, 0.29) is 23.5 Å². The molecule has 1 saturated heterocycles. The molecule has 174 valence electrons. The van der Waals surface area contributed by atoms with E-state index in [4.69, 9.17) is 4.42 Å². The van der Waals surface area contributed by atoms with Crippen molar-refractivity contribution in [3.05, 3.63) is 89.4 Å². The predicted molar refractivity (Wildman–Crippen MR) is 122 cm³/mol. The van der Waals surface area contributed by atoms with Crippen LogP contribution in [0.5, 0.6) is 0 Å². The van der Waals surface area contributed by atoms with Crippen LogP contribution in [-0.2, 0) is 19.5 Å². The third-order valence-corrected chi connectivity index (χ3v) is 5.76. The van der Waals surface area contributed by atoms with Gasteiger partial charge in [0.25, 0.3) is 5.91 Å². The summed E-state index contributed by atoms with van der Waals surface area (Å²) in [6, 6.07) is 16.0. The van der Waals surface area contributed by atoms with Crippen LogP contribution in [0.15, 0.2) is 65.3 Å². The van der Waals surface area contributed by atoms with E-state index in [0.717, 1.165) is 37.3 Å². The number of aromatic nitrogens is 1. The van der Waals surface area contributed by atoms with Crippen LogP contribution in [0.25, 0.3) is 0 Å². The van der Waals surface area contributed by atoms with E-state index in [1.54, 1.807) is 12.1 Å². The number of benzene rings is 2. The molecule has 1 atom stereocenters. The number of nitrogens with zero attached hydrogens (tertiary/aromatic N) is 3. The van der Waals surface area contributed by atoms with Crippen molar-refractivity contribution in [3.63, 3.8) is 0 Å². The van der Waals surface area contributed by atoms with E-state index in [1.807, 2.05) is 30.3 Å². The first-order valence-corrected chi connectivity index (χ1v) is 11.2. The maximum atomic E-state index is 13.0. The van der Waals surface area contributed by atoms with Crippen molar-refractivity contribution in [2.24, 2.45) is 0 Å². The predicted octanol–water partition coefficient (Wildman–Crippen LogP) is 2.46. The molecule has 2 aromatic carbocycles. The maximum absolute atomic E-state index is 13.0. The van der Waals surface area contributed by atoms with Crippen LogP contribution < -0.4 is 5.32 Å². The van der Waals surface area contributed by atoms with Gasteiger partial charge in [0, 0.05) is 39.3 Å². The molecule has 0 aliphatic carbocycles. The quantitative estimate of drug-likeness (QED) is 0.519.